The van der Waals surface area contributed by atoms with Gasteiger partial charge in [-0.05, 0) is 12.5 Å². The highest BCUT2D eigenvalue weighted by Crippen LogP contribution is 2.00. The van der Waals surface area contributed by atoms with Crippen LogP contribution in [0.15, 0.2) is 40.5 Å². The Morgan fingerprint density at radius 2 is 1.83 bits per heavy atom. The third kappa shape index (κ3) is 9.90. The summed E-state index contributed by atoms with van der Waals surface area (Å²) in [5.74, 6) is -0.0163. The van der Waals surface area contributed by atoms with Crippen molar-refractivity contribution < 1.29 is 10.3 Å². The van der Waals surface area contributed by atoms with Gasteiger partial charge >= 0.3 is 0 Å². The first-order valence-electron chi connectivity index (χ1n) is 4.91. The number of guanidine groups is 1. The van der Waals surface area contributed by atoms with E-state index in [9.17, 15) is 0 Å². The van der Waals surface area contributed by atoms with Crippen LogP contribution in [-0.4, -0.2) is 22.0 Å². The van der Waals surface area contributed by atoms with Crippen molar-refractivity contribution in [2.75, 3.05) is 0 Å². The Kier molecular flexibility index (Phi) is 7.26. The number of rotatable bonds is 3. The van der Waals surface area contributed by atoms with Gasteiger partial charge in [-0.2, -0.15) is 5.10 Å². The minimum atomic E-state index is -1.50. The summed E-state index contributed by atoms with van der Waals surface area (Å²) in [6, 6.07) is 10.0. The Morgan fingerprint density at radius 1 is 1.33 bits per heavy atom. The Balaban J connectivity index is 0.000000631. The molecule has 0 bridgehead atoms. The molecule has 0 fully saturated rings. The van der Waals surface area contributed by atoms with Crippen molar-refractivity contribution in [3.8, 4) is 0 Å². The van der Waals surface area contributed by atoms with Gasteiger partial charge in [-0.1, -0.05) is 30.3 Å². The molecule has 1 rings (SSSR count). The molecule has 0 spiro atoms. The van der Waals surface area contributed by atoms with Gasteiger partial charge in [-0.25, -0.2) is 0 Å². The van der Waals surface area contributed by atoms with Gasteiger partial charge < -0.3 is 16.7 Å². The molecule has 0 atom stereocenters. The summed E-state index contributed by atoms with van der Waals surface area (Å²) in [5.41, 5.74) is 12.4. The lowest BCUT2D eigenvalue weighted by atomic mass is 10.1. The molecule has 0 heterocycles. The highest BCUT2D eigenvalue weighted by molar-refractivity contribution is 5.85. The summed E-state index contributed by atoms with van der Waals surface area (Å²) in [4.78, 5) is 8.36. The summed E-state index contributed by atoms with van der Waals surface area (Å²) < 4.78 is 0. The maximum atomic E-state index is 8.36. The second-order valence-electron chi connectivity index (χ2n) is 3.26. The van der Waals surface area contributed by atoms with E-state index in [4.69, 9.17) is 26.8 Å². The van der Waals surface area contributed by atoms with Crippen LogP contribution >= 0.6 is 0 Å². The zero-order chi connectivity index (χ0) is 14.0. The predicted octanol–water partition coefficient (Wildman–Crippen LogP) is 0.531. The lowest BCUT2D eigenvalue weighted by Crippen LogP contribution is -2.22. The zero-order valence-electron chi connectivity index (χ0n) is 9.85. The van der Waals surface area contributed by atoms with E-state index in [0.717, 1.165) is 12.1 Å². The summed E-state index contributed by atoms with van der Waals surface area (Å²) in [6.45, 7) is 1.89. The van der Waals surface area contributed by atoms with Crippen LogP contribution in [0.2, 0.25) is 0 Å². The average molecular weight is 253 g/mol. The van der Waals surface area contributed by atoms with Crippen LogP contribution in [0.1, 0.15) is 12.5 Å². The van der Waals surface area contributed by atoms with Gasteiger partial charge in [0.05, 0.1) is 0 Å². The van der Waals surface area contributed by atoms with Gasteiger partial charge in [0.1, 0.15) is 0 Å². The summed E-state index contributed by atoms with van der Waals surface area (Å²) in [6.07, 6.45) is 0.762. The molecule has 1 aromatic rings. The Morgan fingerprint density at radius 3 is 2.28 bits per heavy atom. The molecule has 0 aromatic heterocycles. The van der Waals surface area contributed by atoms with Crippen molar-refractivity contribution in [1.29, 1.82) is 0 Å². The first kappa shape index (κ1) is 15.4. The number of benzene rings is 1. The van der Waals surface area contributed by atoms with Gasteiger partial charge in [-0.15, -0.1) is 15.2 Å². The lowest BCUT2D eigenvalue weighted by molar-refractivity contribution is -0.742. The maximum Gasteiger partial charge on any atom is 0.291 e. The van der Waals surface area contributed by atoms with Crippen molar-refractivity contribution in [3.63, 3.8) is 0 Å². The van der Waals surface area contributed by atoms with Gasteiger partial charge in [-0.3, -0.25) is 0 Å². The molecule has 18 heavy (non-hydrogen) atoms. The van der Waals surface area contributed by atoms with Crippen molar-refractivity contribution in [2.24, 2.45) is 21.7 Å². The number of nitrogens with zero attached hydrogens (tertiary/aromatic N) is 3. The second-order valence-corrected chi connectivity index (χ2v) is 3.26. The molecular weight excluding hydrogens is 238 g/mol. The highest BCUT2D eigenvalue weighted by Gasteiger charge is 1.94. The zero-order valence-corrected chi connectivity index (χ0v) is 9.85. The number of nitrogens with two attached hydrogens (primary N) is 2. The smallest absolute Gasteiger partial charge is 0.291 e. The van der Waals surface area contributed by atoms with Crippen molar-refractivity contribution in [2.45, 2.75) is 13.3 Å². The van der Waals surface area contributed by atoms with Crippen LogP contribution in [0.3, 0.4) is 0 Å². The summed E-state index contributed by atoms with van der Waals surface area (Å²) in [7, 11) is 0. The fourth-order valence-electron chi connectivity index (χ4n) is 1.07. The molecule has 0 saturated carbocycles. The molecule has 0 saturated heterocycles. The summed E-state index contributed by atoms with van der Waals surface area (Å²) >= 11 is 0. The Bertz CT molecular complexity index is 422. The molecule has 8 nitrogen and oxygen atoms in total. The van der Waals surface area contributed by atoms with Crippen molar-refractivity contribution in [3.05, 3.63) is 46.0 Å². The van der Waals surface area contributed by atoms with E-state index in [1.807, 2.05) is 37.3 Å². The van der Waals surface area contributed by atoms with Crippen LogP contribution in [0, 0.1) is 10.1 Å². The second kappa shape index (κ2) is 8.50. The van der Waals surface area contributed by atoms with Gasteiger partial charge in [0.15, 0.2) is 0 Å². The third-order valence-electron chi connectivity index (χ3n) is 1.64. The van der Waals surface area contributed by atoms with E-state index in [1.165, 1.54) is 5.56 Å². The molecule has 8 heteroatoms. The first-order chi connectivity index (χ1) is 8.41. The van der Waals surface area contributed by atoms with Gasteiger partial charge in [0, 0.05) is 12.1 Å². The predicted molar refractivity (Wildman–Crippen MR) is 67.8 cm³/mol. The van der Waals surface area contributed by atoms with Crippen molar-refractivity contribution in [1.82, 2.24) is 0 Å². The van der Waals surface area contributed by atoms with Crippen LogP contribution < -0.4 is 11.5 Å². The topological polar surface area (TPSA) is 140 Å². The molecule has 98 valence electrons. The van der Waals surface area contributed by atoms with E-state index >= 15 is 0 Å². The lowest BCUT2D eigenvalue weighted by Gasteiger charge is -1.98. The Labute approximate surface area is 104 Å². The van der Waals surface area contributed by atoms with Crippen LogP contribution in [-0.2, 0) is 6.42 Å². The van der Waals surface area contributed by atoms with E-state index < -0.39 is 5.09 Å². The fraction of sp³-hybridized carbons (Fsp3) is 0.200. The van der Waals surface area contributed by atoms with Gasteiger partial charge in [0.25, 0.3) is 5.09 Å². The van der Waals surface area contributed by atoms with E-state index in [0.29, 0.717) is 0 Å². The SMILES string of the molecule is C/C(Cc1ccccc1)=N\N=C(N)N.O=[N+]([O-])O. The molecule has 1 aromatic carbocycles. The van der Waals surface area contributed by atoms with Crippen LogP contribution in [0.4, 0.5) is 0 Å². The fourth-order valence-corrected chi connectivity index (χ4v) is 1.07. The largest absolute Gasteiger partial charge is 0.369 e. The van der Waals surface area contributed by atoms with Crippen molar-refractivity contribution >= 4 is 11.7 Å². The maximum absolute atomic E-state index is 8.36. The van der Waals surface area contributed by atoms with Crippen LogP contribution in [0.25, 0.3) is 0 Å². The van der Waals surface area contributed by atoms with E-state index in [1.54, 1.807) is 0 Å². The molecule has 5 N–H and O–H groups in total. The summed E-state index contributed by atoms with van der Waals surface area (Å²) in [5, 5.41) is 21.1. The minimum Gasteiger partial charge on any atom is -0.369 e. The molecule has 0 radical (unpaired) electrons. The van der Waals surface area contributed by atoms with Gasteiger partial charge in [0.2, 0.25) is 5.96 Å². The number of hydrogen-bond donors (Lipinski definition) is 3. The third-order valence-corrected chi connectivity index (χ3v) is 1.64. The monoisotopic (exact) mass is 253 g/mol. The number of hydrogen-bond acceptors (Lipinski definition) is 4. The molecule has 0 unspecified atom stereocenters. The van der Waals surface area contributed by atoms with E-state index in [2.05, 4.69) is 10.2 Å². The molecular formula is C10H15N5O3. The molecule has 0 aliphatic carbocycles. The normalized spacial score (nSPS) is 9.94. The Hall–Kier alpha value is -2.64. The quantitative estimate of drug-likeness (QED) is 0.312. The molecule has 0 aliphatic heterocycles. The highest BCUT2D eigenvalue weighted by atomic mass is 16.9. The standard InChI is InChI=1S/C10H14N4.HNO3/c1-8(13-14-10(11)12)7-9-5-3-2-4-6-9;2-1(3)4/h2-6H,7H2,1H3,(H4,11,12,14);(H,2,3,4)/b13-8+;. The molecule has 0 aliphatic rings. The first-order valence-corrected chi connectivity index (χ1v) is 4.91. The average Bonchev–Trinajstić information content (AvgIpc) is 2.27. The minimum absolute atomic E-state index is 0.0163. The molecule has 0 amide bonds. The van der Waals surface area contributed by atoms with Crippen LogP contribution in [0.5, 0.6) is 0 Å². The van der Waals surface area contributed by atoms with E-state index in [-0.39, 0.29) is 5.96 Å².